The number of hydrogen-bond acceptors (Lipinski definition) is 6. The molecule has 0 amide bonds. The first kappa shape index (κ1) is 72.6. The van der Waals surface area contributed by atoms with Crippen LogP contribution in [-0.4, -0.2) is 37.2 Å². The van der Waals surface area contributed by atoms with E-state index in [1.54, 1.807) is 0 Å². The molecule has 0 aromatic heterocycles. The van der Waals surface area contributed by atoms with Gasteiger partial charge in [0.25, 0.3) is 0 Å². The first-order valence-electron chi connectivity index (χ1n) is 32.6. The molecule has 438 valence electrons. The van der Waals surface area contributed by atoms with E-state index in [2.05, 4.69) is 106 Å². The molecular weight excluding hydrogens is 937 g/mol. The zero-order valence-corrected chi connectivity index (χ0v) is 50.3. The zero-order chi connectivity index (χ0) is 55.0. The Labute approximate surface area is 471 Å². The Morgan fingerprint density at radius 3 is 0.829 bits per heavy atom. The molecule has 0 aliphatic carbocycles. The molecule has 0 N–H and O–H groups in total. The third-order valence-electron chi connectivity index (χ3n) is 14.1. The van der Waals surface area contributed by atoms with Gasteiger partial charge in [-0.25, -0.2) is 0 Å². The molecule has 0 aliphatic heterocycles. The largest absolute Gasteiger partial charge is 0.462 e. The van der Waals surface area contributed by atoms with Crippen LogP contribution in [-0.2, 0) is 28.6 Å². The van der Waals surface area contributed by atoms with Crippen LogP contribution in [0.2, 0.25) is 0 Å². The second kappa shape index (κ2) is 64.1. The van der Waals surface area contributed by atoms with Crippen LogP contribution < -0.4 is 0 Å². The van der Waals surface area contributed by atoms with E-state index in [9.17, 15) is 14.4 Å². The fourth-order valence-electron chi connectivity index (χ4n) is 9.27. The summed E-state index contributed by atoms with van der Waals surface area (Å²) in [6, 6.07) is 0. The smallest absolute Gasteiger partial charge is 0.306 e. The molecule has 0 aromatic rings. The normalized spacial score (nSPS) is 12.6. The summed E-state index contributed by atoms with van der Waals surface area (Å²) in [6.07, 6.45) is 84.5. The minimum absolute atomic E-state index is 0.0745. The van der Waals surface area contributed by atoms with Gasteiger partial charge in [0.1, 0.15) is 13.2 Å². The molecule has 0 rings (SSSR count). The Hall–Kier alpha value is -3.41. The van der Waals surface area contributed by atoms with Crippen LogP contribution in [0.5, 0.6) is 0 Å². The highest BCUT2D eigenvalue weighted by molar-refractivity contribution is 5.71. The van der Waals surface area contributed by atoms with Gasteiger partial charge in [0.05, 0.1) is 0 Å². The summed E-state index contributed by atoms with van der Waals surface area (Å²) in [5, 5.41) is 0. The van der Waals surface area contributed by atoms with E-state index in [4.69, 9.17) is 14.2 Å². The summed E-state index contributed by atoms with van der Waals surface area (Å²) < 4.78 is 16.9. The fraction of sp³-hybridized carbons (Fsp3) is 0.757. The van der Waals surface area contributed by atoms with Crippen molar-refractivity contribution in [3.05, 3.63) is 85.1 Å². The molecule has 0 bridgehead atoms. The van der Waals surface area contributed by atoms with Gasteiger partial charge in [-0.05, 0) is 96.3 Å². The standard InChI is InChI=1S/C70H122O6/c1-4-7-10-13-16-19-22-24-26-28-30-31-32-33-34-35-36-37-38-39-41-42-44-46-48-51-54-57-60-63-69(72)75-66-67(65-74-68(71)62-59-56-53-50-21-18-15-12-9-6-3)76-70(73)64-61-58-55-52-49-47-45-43-40-29-27-25-23-20-17-14-11-8-5-2/h7,10,16-17,19-20,24-27,30-31,33-34,67H,4-6,8-9,11-15,18,21-23,28-29,32,35-66H2,1-3H3/b10-7-,19-16-,20-17-,26-24-,27-25-,31-30-,34-33-. The summed E-state index contributed by atoms with van der Waals surface area (Å²) >= 11 is 0. The zero-order valence-electron chi connectivity index (χ0n) is 50.3. The molecular formula is C70H122O6. The lowest BCUT2D eigenvalue weighted by atomic mass is 10.0. The Morgan fingerprint density at radius 1 is 0.276 bits per heavy atom. The number of ether oxygens (including phenoxy) is 3. The Balaban J connectivity index is 4.19. The Kier molecular flexibility index (Phi) is 61.2. The molecule has 0 fully saturated rings. The van der Waals surface area contributed by atoms with Crippen LogP contribution in [0.4, 0.5) is 0 Å². The van der Waals surface area contributed by atoms with Crippen molar-refractivity contribution in [3.8, 4) is 0 Å². The Bertz CT molecular complexity index is 1450. The van der Waals surface area contributed by atoms with Crippen molar-refractivity contribution >= 4 is 17.9 Å². The number of allylic oxidation sites excluding steroid dienone is 14. The van der Waals surface area contributed by atoms with Crippen molar-refractivity contribution in [1.29, 1.82) is 0 Å². The second-order valence-electron chi connectivity index (χ2n) is 21.6. The molecule has 6 heteroatoms. The predicted octanol–water partition coefficient (Wildman–Crippen LogP) is 22.3. The molecule has 0 saturated carbocycles. The average Bonchev–Trinajstić information content (AvgIpc) is 3.42. The van der Waals surface area contributed by atoms with Gasteiger partial charge >= 0.3 is 17.9 Å². The topological polar surface area (TPSA) is 78.9 Å². The van der Waals surface area contributed by atoms with Gasteiger partial charge in [-0.3, -0.25) is 14.4 Å². The van der Waals surface area contributed by atoms with Crippen molar-refractivity contribution in [1.82, 2.24) is 0 Å². The van der Waals surface area contributed by atoms with E-state index < -0.39 is 6.10 Å². The number of unbranched alkanes of at least 4 members (excludes halogenated alkanes) is 34. The van der Waals surface area contributed by atoms with Crippen LogP contribution in [0.15, 0.2) is 85.1 Å². The predicted molar refractivity (Wildman–Crippen MR) is 330 cm³/mol. The lowest BCUT2D eigenvalue weighted by Gasteiger charge is -2.18. The highest BCUT2D eigenvalue weighted by Crippen LogP contribution is 2.17. The van der Waals surface area contributed by atoms with E-state index in [-0.39, 0.29) is 31.1 Å². The summed E-state index contributed by atoms with van der Waals surface area (Å²) in [7, 11) is 0. The van der Waals surface area contributed by atoms with Crippen molar-refractivity contribution < 1.29 is 28.6 Å². The summed E-state index contributed by atoms with van der Waals surface area (Å²) in [6.45, 7) is 6.52. The molecule has 76 heavy (non-hydrogen) atoms. The minimum atomic E-state index is -0.777. The number of esters is 3. The molecule has 1 unspecified atom stereocenters. The highest BCUT2D eigenvalue weighted by Gasteiger charge is 2.19. The number of rotatable bonds is 59. The second-order valence-corrected chi connectivity index (χ2v) is 21.6. The maximum Gasteiger partial charge on any atom is 0.306 e. The fourth-order valence-corrected chi connectivity index (χ4v) is 9.27. The quantitative estimate of drug-likeness (QED) is 0.0261. The van der Waals surface area contributed by atoms with Gasteiger partial charge in [0.15, 0.2) is 6.10 Å². The molecule has 0 aliphatic rings. The van der Waals surface area contributed by atoms with Crippen molar-refractivity contribution in [2.75, 3.05) is 13.2 Å². The van der Waals surface area contributed by atoms with Crippen LogP contribution in [0.3, 0.4) is 0 Å². The first-order valence-corrected chi connectivity index (χ1v) is 32.6. The average molecular weight is 1060 g/mol. The molecule has 0 radical (unpaired) electrons. The van der Waals surface area contributed by atoms with Crippen LogP contribution >= 0.6 is 0 Å². The van der Waals surface area contributed by atoms with Gasteiger partial charge in [0, 0.05) is 19.3 Å². The monoisotopic (exact) mass is 1060 g/mol. The van der Waals surface area contributed by atoms with E-state index in [1.165, 1.54) is 186 Å². The minimum Gasteiger partial charge on any atom is -0.462 e. The third-order valence-corrected chi connectivity index (χ3v) is 14.1. The van der Waals surface area contributed by atoms with Gasteiger partial charge in [0.2, 0.25) is 0 Å². The van der Waals surface area contributed by atoms with Crippen LogP contribution in [0.25, 0.3) is 0 Å². The SMILES string of the molecule is CC/C=C\C/C=C\C/C=C\C/C=C\C/C=C\CCCCCCCCCCCCCCCC(=O)OCC(COC(=O)CCCCCCCCCCCC)OC(=O)CCCCCCCCCCC/C=C\C/C=C\CCCCC. The lowest BCUT2D eigenvalue weighted by Crippen LogP contribution is -2.30. The molecule has 6 nitrogen and oxygen atoms in total. The van der Waals surface area contributed by atoms with Crippen LogP contribution in [0, 0.1) is 0 Å². The van der Waals surface area contributed by atoms with Crippen molar-refractivity contribution in [2.45, 2.75) is 329 Å². The van der Waals surface area contributed by atoms with Gasteiger partial charge in [-0.15, -0.1) is 0 Å². The van der Waals surface area contributed by atoms with Gasteiger partial charge < -0.3 is 14.2 Å². The maximum absolute atomic E-state index is 12.9. The molecule has 1 atom stereocenters. The molecule has 0 saturated heterocycles. The first-order chi connectivity index (χ1) is 37.5. The summed E-state index contributed by atoms with van der Waals surface area (Å²) in [4.78, 5) is 38.2. The lowest BCUT2D eigenvalue weighted by molar-refractivity contribution is -0.167. The van der Waals surface area contributed by atoms with Gasteiger partial charge in [-0.1, -0.05) is 292 Å². The van der Waals surface area contributed by atoms with E-state index >= 15 is 0 Å². The number of hydrogen-bond donors (Lipinski definition) is 0. The number of carbonyl (C=O) groups excluding carboxylic acids is 3. The highest BCUT2D eigenvalue weighted by atomic mass is 16.6. The Morgan fingerprint density at radius 2 is 0.513 bits per heavy atom. The van der Waals surface area contributed by atoms with Crippen molar-refractivity contribution in [2.24, 2.45) is 0 Å². The van der Waals surface area contributed by atoms with Crippen LogP contribution in [0.1, 0.15) is 323 Å². The molecule has 0 aromatic carbocycles. The molecule has 0 spiro atoms. The summed E-state index contributed by atoms with van der Waals surface area (Å²) in [5.74, 6) is -0.868. The number of carbonyl (C=O) groups is 3. The molecule has 0 heterocycles. The van der Waals surface area contributed by atoms with E-state index in [0.29, 0.717) is 19.3 Å². The van der Waals surface area contributed by atoms with Gasteiger partial charge in [-0.2, -0.15) is 0 Å². The third kappa shape index (κ3) is 61.4. The van der Waals surface area contributed by atoms with E-state index in [1.807, 2.05) is 0 Å². The van der Waals surface area contributed by atoms with Crippen molar-refractivity contribution in [3.63, 3.8) is 0 Å². The summed E-state index contributed by atoms with van der Waals surface area (Å²) in [5.41, 5.74) is 0. The maximum atomic E-state index is 12.9. The van der Waals surface area contributed by atoms with E-state index in [0.717, 1.165) is 96.3 Å².